The SMILES string of the molecule is CC(C)NC(=O)NC(=O)[C@@H](C)OC(=O)c1cc2c(s1)-c1ccccc1CC2. The molecule has 2 aromatic rings. The van der Waals surface area contributed by atoms with Gasteiger partial charge in [-0.2, -0.15) is 0 Å². The van der Waals surface area contributed by atoms with Gasteiger partial charge in [-0.15, -0.1) is 11.3 Å². The molecule has 27 heavy (non-hydrogen) atoms. The number of hydrogen-bond acceptors (Lipinski definition) is 5. The zero-order valence-electron chi connectivity index (χ0n) is 15.5. The van der Waals surface area contributed by atoms with Gasteiger partial charge in [0.05, 0.1) is 0 Å². The van der Waals surface area contributed by atoms with E-state index >= 15 is 0 Å². The van der Waals surface area contributed by atoms with Gasteiger partial charge < -0.3 is 10.1 Å². The number of nitrogens with one attached hydrogen (secondary N) is 2. The minimum absolute atomic E-state index is 0.101. The molecule has 0 radical (unpaired) electrons. The van der Waals surface area contributed by atoms with E-state index in [1.54, 1.807) is 13.8 Å². The van der Waals surface area contributed by atoms with Crippen LogP contribution in [0.3, 0.4) is 0 Å². The molecule has 0 saturated heterocycles. The molecule has 0 fully saturated rings. The minimum Gasteiger partial charge on any atom is -0.448 e. The van der Waals surface area contributed by atoms with Crippen LogP contribution in [0.1, 0.15) is 41.6 Å². The lowest BCUT2D eigenvalue weighted by atomic mass is 9.91. The fourth-order valence-electron chi connectivity index (χ4n) is 2.96. The Morgan fingerprint density at radius 1 is 1.07 bits per heavy atom. The van der Waals surface area contributed by atoms with Crippen LogP contribution in [0.2, 0.25) is 0 Å². The summed E-state index contributed by atoms with van der Waals surface area (Å²) in [6, 6.07) is 9.29. The highest BCUT2D eigenvalue weighted by Crippen LogP contribution is 2.39. The molecule has 1 aromatic carbocycles. The Kier molecular flexibility index (Phi) is 5.60. The van der Waals surface area contributed by atoms with Crippen molar-refractivity contribution in [2.75, 3.05) is 0 Å². The van der Waals surface area contributed by atoms with Crippen molar-refractivity contribution in [2.45, 2.75) is 45.8 Å². The molecule has 6 nitrogen and oxygen atoms in total. The van der Waals surface area contributed by atoms with Crippen molar-refractivity contribution in [2.24, 2.45) is 0 Å². The minimum atomic E-state index is -1.07. The largest absolute Gasteiger partial charge is 0.448 e. The molecule has 1 aromatic heterocycles. The highest BCUT2D eigenvalue weighted by molar-refractivity contribution is 7.17. The van der Waals surface area contributed by atoms with Crippen LogP contribution in [0.5, 0.6) is 0 Å². The average molecular weight is 386 g/mol. The van der Waals surface area contributed by atoms with Crippen molar-refractivity contribution in [3.8, 4) is 10.4 Å². The Bertz CT molecular complexity index is 888. The molecule has 1 aliphatic carbocycles. The summed E-state index contributed by atoms with van der Waals surface area (Å²) in [6.45, 7) is 5.01. The summed E-state index contributed by atoms with van der Waals surface area (Å²) >= 11 is 1.38. The van der Waals surface area contributed by atoms with Gasteiger partial charge in [0, 0.05) is 10.9 Å². The van der Waals surface area contributed by atoms with Crippen molar-refractivity contribution in [3.05, 3.63) is 46.3 Å². The Hall–Kier alpha value is -2.67. The molecule has 1 atom stereocenters. The van der Waals surface area contributed by atoms with Crippen LogP contribution in [0, 0.1) is 0 Å². The predicted molar refractivity (Wildman–Crippen MR) is 104 cm³/mol. The molecule has 1 heterocycles. The second-order valence-electron chi connectivity index (χ2n) is 6.79. The number of hydrogen-bond donors (Lipinski definition) is 2. The van der Waals surface area contributed by atoms with Gasteiger partial charge >= 0.3 is 12.0 Å². The third-order valence-electron chi connectivity index (χ3n) is 4.25. The van der Waals surface area contributed by atoms with Crippen LogP contribution >= 0.6 is 11.3 Å². The predicted octanol–water partition coefficient (Wildman–Crippen LogP) is 3.29. The number of esters is 1. The first-order chi connectivity index (χ1) is 12.8. The van der Waals surface area contributed by atoms with E-state index in [0.717, 1.165) is 28.8 Å². The lowest BCUT2D eigenvalue weighted by Crippen LogP contribution is -2.46. The highest BCUT2D eigenvalue weighted by Gasteiger charge is 2.25. The lowest BCUT2D eigenvalue weighted by Gasteiger charge is -2.15. The first kappa shape index (κ1) is 19.1. The third-order valence-corrected chi connectivity index (χ3v) is 5.44. The molecule has 7 heteroatoms. The van der Waals surface area contributed by atoms with Crippen LogP contribution < -0.4 is 10.6 Å². The monoisotopic (exact) mass is 386 g/mol. The first-order valence-corrected chi connectivity index (χ1v) is 9.70. The molecule has 0 unspecified atom stereocenters. The summed E-state index contributed by atoms with van der Waals surface area (Å²) in [4.78, 5) is 37.6. The van der Waals surface area contributed by atoms with Crippen molar-refractivity contribution < 1.29 is 19.1 Å². The number of amides is 3. The average Bonchev–Trinajstić information content (AvgIpc) is 3.05. The smallest absolute Gasteiger partial charge is 0.349 e. The topological polar surface area (TPSA) is 84.5 Å². The molecule has 0 bridgehead atoms. The Labute approximate surface area is 161 Å². The molecule has 3 amide bonds. The number of urea groups is 1. The summed E-state index contributed by atoms with van der Waals surface area (Å²) in [5.41, 5.74) is 3.55. The molecular formula is C20H22N2O4S. The van der Waals surface area contributed by atoms with E-state index in [0.29, 0.717) is 4.88 Å². The summed E-state index contributed by atoms with van der Waals surface area (Å²) in [5, 5.41) is 4.71. The summed E-state index contributed by atoms with van der Waals surface area (Å²) in [6.07, 6.45) is 0.751. The molecule has 0 aliphatic heterocycles. The van der Waals surface area contributed by atoms with Crippen molar-refractivity contribution in [1.82, 2.24) is 10.6 Å². The zero-order valence-corrected chi connectivity index (χ0v) is 16.3. The summed E-state index contributed by atoms with van der Waals surface area (Å²) in [5.74, 6) is -1.22. The van der Waals surface area contributed by atoms with Gasteiger partial charge in [-0.1, -0.05) is 24.3 Å². The third kappa shape index (κ3) is 4.36. The number of aryl methyl sites for hydroxylation is 2. The van der Waals surface area contributed by atoms with Crippen LogP contribution in [0.4, 0.5) is 4.79 Å². The number of carbonyl (C=O) groups is 3. The number of benzene rings is 1. The van der Waals surface area contributed by atoms with Gasteiger partial charge in [0.15, 0.2) is 6.10 Å². The molecule has 142 valence electrons. The fourth-order valence-corrected chi connectivity index (χ4v) is 4.11. The Morgan fingerprint density at radius 3 is 2.52 bits per heavy atom. The number of ether oxygens (including phenoxy) is 1. The van der Waals surface area contributed by atoms with Crippen molar-refractivity contribution in [1.29, 1.82) is 0 Å². The molecule has 2 N–H and O–H groups in total. The van der Waals surface area contributed by atoms with Crippen molar-refractivity contribution >= 4 is 29.2 Å². The van der Waals surface area contributed by atoms with E-state index in [9.17, 15) is 14.4 Å². The van der Waals surface area contributed by atoms with Gasteiger partial charge in [-0.3, -0.25) is 10.1 Å². The zero-order chi connectivity index (χ0) is 19.6. The fraction of sp³-hybridized carbons (Fsp3) is 0.350. The number of imide groups is 1. The lowest BCUT2D eigenvalue weighted by molar-refractivity contribution is -0.127. The molecule has 0 spiro atoms. The van der Waals surface area contributed by atoms with E-state index in [4.69, 9.17) is 4.74 Å². The standard InChI is InChI=1S/C20H22N2O4S/c1-11(2)21-20(25)22-18(23)12(3)26-19(24)16-10-14-9-8-13-6-4-5-7-15(13)17(14)27-16/h4-7,10-12H,8-9H2,1-3H3,(H2,21,22,23,25)/t12-/m1/s1. The normalized spacial score (nSPS) is 13.3. The van der Waals surface area contributed by atoms with Crippen LogP contribution in [0.25, 0.3) is 10.4 Å². The maximum atomic E-state index is 12.5. The van der Waals surface area contributed by atoms with E-state index in [2.05, 4.69) is 22.8 Å². The summed E-state index contributed by atoms with van der Waals surface area (Å²) in [7, 11) is 0. The second kappa shape index (κ2) is 7.92. The number of thiophene rings is 1. The van der Waals surface area contributed by atoms with E-state index in [-0.39, 0.29) is 6.04 Å². The van der Waals surface area contributed by atoms with Crippen LogP contribution in [-0.2, 0) is 22.4 Å². The van der Waals surface area contributed by atoms with E-state index < -0.39 is 24.0 Å². The Balaban J connectivity index is 1.67. The van der Waals surface area contributed by atoms with E-state index in [1.165, 1.54) is 23.8 Å². The van der Waals surface area contributed by atoms with Gasteiger partial charge in [0.25, 0.3) is 5.91 Å². The number of fused-ring (bicyclic) bond motifs is 3. The molecule has 3 rings (SSSR count). The molecular weight excluding hydrogens is 364 g/mol. The second-order valence-corrected chi connectivity index (χ2v) is 7.84. The quantitative estimate of drug-likeness (QED) is 0.790. The summed E-state index contributed by atoms with van der Waals surface area (Å²) < 4.78 is 5.25. The van der Waals surface area contributed by atoms with Gasteiger partial charge in [-0.05, 0) is 56.4 Å². The highest BCUT2D eigenvalue weighted by atomic mass is 32.1. The number of rotatable bonds is 4. The van der Waals surface area contributed by atoms with Gasteiger partial charge in [0.1, 0.15) is 4.88 Å². The number of carbonyl (C=O) groups excluding carboxylic acids is 3. The van der Waals surface area contributed by atoms with Crippen LogP contribution in [-0.4, -0.2) is 30.1 Å². The maximum Gasteiger partial charge on any atom is 0.349 e. The molecule has 1 aliphatic rings. The first-order valence-electron chi connectivity index (χ1n) is 8.88. The Morgan fingerprint density at radius 2 is 1.78 bits per heavy atom. The van der Waals surface area contributed by atoms with Gasteiger partial charge in [-0.25, -0.2) is 9.59 Å². The molecule has 0 saturated carbocycles. The maximum absolute atomic E-state index is 12.5. The van der Waals surface area contributed by atoms with E-state index in [1.807, 2.05) is 18.2 Å². The van der Waals surface area contributed by atoms with Gasteiger partial charge in [0.2, 0.25) is 0 Å². The van der Waals surface area contributed by atoms with Crippen molar-refractivity contribution in [3.63, 3.8) is 0 Å². The van der Waals surface area contributed by atoms with Crippen LogP contribution in [0.15, 0.2) is 30.3 Å².